The third-order valence-corrected chi connectivity index (χ3v) is 3.83. The van der Waals surface area contributed by atoms with Crippen molar-refractivity contribution in [3.8, 4) is 0 Å². The monoisotopic (exact) mass is 295 g/mol. The maximum absolute atomic E-state index is 12.0. The molecule has 7 heteroatoms. The Balaban J connectivity index is 1.71. The van der Waals surface area contributed by atoms with Gasteiger partial charge in [0.15, 0.2) is 0 Å². The Hall–Kier alpha value is -1.44. The molecular weight excluding hydrogens is 270 g/mol. The molecule has 1 N–H and O–H groups in total. The van der Waals surface area contributed by atoms with Gasteiger partial charge in [0.1, 0.15) is 6.54 Å². The molecule has 0 aromatic carbocycles. The van der Waals surface area contributed by atoms with E-state index in [-0.39, 0.29) is 12.5 Å². The molecule has 118 valence electrons. The molecule has 0 bridgehead atoms. The molecule has 1 saturated heterocycles. The molecule has 1 unspecified atom stereocenters. The molecule has 0 spiro atoms. The van der Waals surface area contributed by atoms with Gasteiger partial charge in [-0.05, 0) is 13.1 Å². The Morgan fingerprint density at radius 2 is 2.10 bits per heavy atom. The van der Waals surface area contributed by atoms with Crippen LogP contribution in [0.25, 0.3) is 0 Å². The first kappa shape index (κ1) is 15.9. The lowest BCUT2D eigenvalue weighted by Gasteiger charge is -2.34. The summed E-state index contributed by atoms with van der Waals surface area (Å²) in [5, 5.41) is 14.2. The first-order valence-corrected chi connectivity index (χ1v) is 7.35. The molecule has 1 fully saturated rings. The number of amides is 1. The summed E-state index contributed by atoms with van der Waals surface area (Å²) >= 11 is 0. The summed E-state index contributed by atoms with van der Waals surface area (Å²) in [6.45, 7) is 5.18. The van der Waals surface area contributed by atoms with Gasteiger partial charge in [0, 0.05) is 58.7 Å². The van der Waals surface area contributed by atoms with Crippen LogP contribution in [-0.4, -0.2) is 95.0 Å². The first-order chi connectivity index (χ1) is 10.0. The van der Waals surface area contributed by atoms with Crippen LogP contribution >= 0.6 is 0 Å². The molecule has 1 aliphatic rings. The predicted octanol–water partition coefficient (Wildman–Crippen LogP) is -1.05. The minimum Gasteiger partial charge on any atom is -0.390 e. The van der Waals surface area contributed by atoms with Crippen LogP contribution in [0.3, 0.4) is 0 Å². The molecule has 0 saturated carbocycles. The van der Waals surface area contributed by atoms with Crippen LogP contribution in [0.4, 0.5) is 0 Å². The smallest absolute Gasteiger partial charge is 0.244 e. The molecule has 1 aliphatic heterocycles. The van der Waals surface area contributed by atoms with Gasteiger partial charge in [-0.2, -0.15) is 5.10 Å². The summed E-state index contributed by atoms with van der Waals surface area (Å²) in [6, 6.07) is 1.79. The van der Waals surface area contributed by atoms with Crippen LogP contribution in [-0.2, 0) is 11.3 Å². The highest BCUT2D eigenvalue weighted by atomic mass is 16.3. The fourth-order valence-electron chi connectivity index (χ4n) is 2.46. The molecule has 0 aliphatic carbocycles. The zero-order valence-corrected chi connectivity index (χ0v) is 12.9. The van der Waals surface area contributed by atoms with Crippen molar-refractivity contribution in [2.75, 3.05) is 53.4 Å². The second-order valence-electron chi connectivity index (χ2n) is 5.74. The molecule has 0 radical (unpaired) electrons. The van der Waals surface area contributed by atoms with E-state index in [0.29, 0.717) is 13.1 Å². The molecule has 1 atom stereocenters. The average Bonchev–Trinajstić information content (AvgIpc) is 2.94. The Morgan fingerprint density at radius 1 is 1.38 bits per heavy atom. The number of aromatic nitrogens is 2. The van der Waals surface area contributed by atoms with Crippen molar-refractivity contribution in [2.24, 2.45) is 0 Å². The van der Waals surface area contributed by atoms with Gasteiger partial charge in [-0.3, -0.25) is 14.4 Å². The second-order valence-corrected chi connectivity index (χ2v) is 5.74. The fraction of sp³-hybridized carbons (Fsp3) is 0.714. The standard InChI is InChI=1S/C14H25N5O2/c1-16-6-8-18(9-7-16)11-13(20)10-17(2)14(21)12-19-5-3-4-15-19/h3-5,13,20H,6-12H2,1-2H3. The van der Waals surface area contributed by atoms with Gasteiger partial charge in [-0.15, -0.1) is 0 Å². The average molecular weight is 295 g/mol. The quantitative estimate of drug-likeness (QED) is 0.725. The molecule has 2 heterocycles. The highest BCUT2D eigenvalue weighted by Crippen LogP contribution is 2.02. The van der Waals surface area contributed by atoms with Crippen LogP contribution in [0.1, 0.15) is 0 Å². The number of piperazine rings is 1. The summed E-state index contributed by atoms with van der Waals surface area (Å²) in [4.78, 5) is 18.1. The van der Waals surface area contributed by atoms with Crippen molar-refractivity contribution in [2.45, 2.75) is 12.6 Å². The van der Waals surface area contributed by atoms with E-state index in [9.17, 15) is 9.90 Å². The molecule has 2 rings (SSSR count). The lowest BCUT2D eigenvalue weighted by atomic mass is 10.2. The van der Waals surface area contributed by atoms with Gasteiger partial charge in [0.2, 0.25) is 5.91 Å². The zero-order chi connectivity index (χ0) is 15.2. The Labute approximate surface area is 125 Å². The van der Waals surface area contributed by atoms with E-state index in [2.05, 4.69) is 21.9 Å². The summed E-state index contributed by atoms with van der Waals surface area (Å²) < 4.78 is 1.59. The third kappa shape index (κ3) is 5.11. The lowest BCUT2D eigenvalue weighted by molar-refractivity contribution is -0.132. The zero-order valence-electron chi connectivity index (χ0n) is 12.9. The summed E-state index contributed by atoms with van der Waals surface area (Å²) in [5.74, 6) is -0.0453. The van der Waals surface area contributed by atoms with Crippen LogP contribution in [0, 0.1) is 0 Å². The second kappa shape index (κ2) is 7.53. The Bertz CT molecular complexity index is 429. The van der Waals surface area contributed by atoms with Gasteiger partial charge in [-0.25, -0.2) is 0 Å². The van der Waals surface area contributed by atoms with E-state index in [1.54, 1.807) is 35.1 Å². The van der Waals surface area contributed by atoms with Crippen molar-refractivity contribution in [3.05, 3.63) is 18.5 Å². The van der Waals surface area contributed by atoms with E-state index >= 15 is 0 Å². The maximum Gasteiger partial charge on any atom is 0.244 e. The van der Waals surface area contributed by atoms with Crippen molar-refractivity contribution in [1.82, 2.24) is 24.5 Å². The number of nitrogens with zero attached hydrogens (tertiary/aromatic N) is 5. The molecule has 1 aromatic heterocycles. The first-order valence-electron chi connectivity index (χ1n) is 7.35. The minimum atomic E-state index is -0.514. The van der Waals surface area contributed by atoms with Gasteiger partial charge in [0.05, 0.1) is 6.10 Å². The van der Waals surface area contributed by atoms with Gasteiger partial charge in [-0.1, -0.05) is 0 Å². The van der Waals surface area contributed by atoms with E-state index < -0.39 is 6.10 Å². The number of aliphatic hydroxyl groups excluding tert-OH is 1. The van der Waals surface area contributed by atoms with Gasteiger partial charge >= 0.3 is 0 Å². The number of likely N-dealkylation sites (N-methyl/N-ethyl adjacent to an activating group) is 2. The fourth-order valence-corrected chi connectivity index (χ4v) is 2.46. The number of hydrogen-bond acceptors (Lipinski definition) is 5. The number of carbonyl (C=O) groups excluding carboxylic acids is 1. The molecule has 7 nitrogen and oxygen atoms in total. The third-order valence-electron chi connectivity index (χ3n) is 3.83. The highest BCUT2D eigenvalue weighted by Gasteiger charge is 2.19. The summed E-state index contributed by atoms with van der Waals surface area (Å²) in [6.07, 6.45) is 2.89. The number of hydrogen-bond donors (Lipinski definition) is 1. The van der Waals surface area contributed by atoms with Crippen LogP contribution in [0.2, 0.25) is 0 Å². The normalized spacial score (nSPS) is 18.6. The maximum atomic E-state index is 12.0. The van der Waals surface area contributed by atoms with Crippen LogP contribution < -0.4 is 0 Å². The largest absolute Gasteiger partial charge is 0.390 e. The van der Waals surface area contributed by atoms with Crippen molar-refractivity contribution >= 4 is 5.91 Å². The van der Waals surface area contributed by atoms with E-state index in [0.717, 1.165) is 26.2 Å². The molecule has 1 amide bonds. The Kier molecular flexibility index (Phi) is 5.72. The minimum absolute atomic E-state index is 0.0453. The summed E-state index contributed by atoms with van der Waals surface area (Å²) in [5.41, 5.74) is 0. The molecule has 1 aromatic rings. The van der Waals surface area contributed by atoms with Crippen molar-refractivity contribution in [3.63, 3.8) is 0 Å². The summed E-state index contributed by atoms with van der Waals surface area (Å²) in [7, 11) is 3.83. The highest BCUT2D eigenvalue weighted by molar-refractivity contribution is 5.75. The van der Waals surface area contributed by atoms with E-state index in [4.69, 9.17) is 0 Å². The van der Waals surface area contributed by atoms with Crippen molar-refractivity contribution in [1.29, 1.82) is 0 Å². The Morgan fingerprint density at radius 3 is 2.71 bits per heavy atom. The molecular formula is C14H25N5O2. The molecule has 21 heavy (non-hydrogen) atoms. The topological polar surface area (TPSA) is 64.8 Å². The SMILES string of the molecule is CN1CCN(CC(O)CN(C)C(=O)Cn2cccn2)CC1. The lowest BCUT2D eigenvalue weighted by Crippen LogP contribution is -2.49. The predicted molar refractivity (Wildman–Crippen MR) is 79.8 cm³/mol. The number of aliphatic hydroxyl groups is 1. The van der Waals surface area contributed by atoms with Crippen LogP contribution in [0.5, 0.6) is 0 Å². The number of rotatable bonds is 6. The van der Waals surface area contributed by atoms with Crippen LogP contribution in [0.15, 0.2) is 18.5 Å². The van der Waals surface area contributed by atoms with Gasteiger partial charge in [0.25, 0.3) is 0 Å². The number of β-amino-alcohol motifs (C(OH)–C–C–N with tert-alkyl or cyclic N) is 1. The van der Waals surface area contributed by atoms with E-state index in [1.165, 1.54) is 0 Å². The van der Waals surface area contributed by atoms with E-state index in [1.807, 2.05) is 0 Å². The van der Waals surface area contributed by atoms with Crippen molar-refractivity contribution < 1.29 is 9.90 Å². The number of carbonyl (C=O) groups is 1. The van der Waals surface area contributed by atoms with Gasteiger partial charge < -0.3 is 14.9 Å².